The molecule has 0 aliphatic carbocycles. The van der Waals surface area contributed by atoms with Crippen molar-refractivity contribution >= 4 is 22.3 Å². The average Bonchev–Trinajstić information content (AvgIpc) is 2.77. The molecule has 7 unspecified atom stereocenters. The van der Waals surface area contributed by atoms with Gasteiger partial charge in [0, 0.05) is 12.5 Å². The first-order chi connectivity index (χ1) is 18.0. The lowest BCUT2D eigenvalue weighted by Crippen LogP contribution is -2.85. The second kappa shape index (κ2) is 10.1. The topological polar surface area (TPSA) is 218 Å². The molecule has 2 rings (SSSR count). The molecule has 0 spiro atoms. The fourth-order valence-corrected chi connectivity index (χ4v) is 6.42. The Hall–Kier alpha value is -1.85. The summed E-state index contributed by atoms with van der Waals surface area (Å²) in [6.07, 6.45) is 0. The lowest BCUT2D eigenvalue weighted by Gasteiger charge is -2.69. The van der Waals surface area contributed by atoms with Crippen molar-refractivity contribution < 1.29 is 61.4 Å². The summed E-state index contributed by atoms with van der Waals surface area (Å²) in [4.78, 5) is 24.1. The number of hydrogen-bond donors (Lipinski definition) is 6. The molecule has 2 aliphatic rings. The second-order valence-corrected chi connectivity index (χ2v) is 14.1. The van der Waals surface area contributed by atoms with Crippen LogP contribution >= 0.6 is 0 Å². The van der Waals surface area contributed by atoms with Crippen molar-refractivity contribution in [2.75, 3.05) is 19.8 Å². The van der Waals surface area contributed by atoms with Crippen LogP contribution in [0.3, 0.4) is 0 Å². The molecular formula is C26H45NO13S. The van der Waals surface area contributed by atoms with Crippen molar-refractivity contribution in [2.45, 2.75) is 115 Å². The van der Waals surface area contributed by atoms with E-state index in [0.29, 0.717) is 0 Å². The summed E-state index contributed by atoms with van der Waals surface area (Å²) in [5, 5.41) is 47.2. The highest BCUT2D eigenvalue weighted by atomic mass is 32.3. The third kappa shape index (κ3) is 5.28. The first kappa shape index (κ1) is 35.3. The largest absolute Gasteiger partial charge is 0.475 e. The van der Waals surface area contributed by atoms with Gasteiger partial charge in [-0.05, 0) is 62.3 Å². The summed E-state index contributed by atoms with van der Waals surface area (Å²) < 4.78 is 55.2. The number of hydrogen-bond acceptors (Lipinski definition) is 11. The van der Waals surface area contributed by atoms with E-state index in [-0.39, 0.29) is 5.57 Å². The molecule has 7 atom stereocenters. The molecule has 41 heavy (non-hydrogen) atoms. The van der Waals surface area contributed by atoms with Crippen LogP contribution in [0.2, 0.25) is 0 Å². The Kier molecular flexibility index (Phi) is 8.72. The molecule has 0 aromatic rings. The van der Waals surface area contributed by atoms with E-state index in [4.69, 9.17) is 18.4 Å². The van der Waals surface area contributed by atoms with Gasteiger partial charge < -0.3 is 40.0 Å². The number of ether oxygens (including phenoxy) is 3. The van der Waals surface area contributed by atoms with Crippen LogP contribution in [0.4, 0.5) is 0 Å². The molecule has 238 valence electrons. The molecule has 6 N–H and O–H groups in total. The number of rotatable bonds is 9. The van der Waals surface area contributed by atoms with Gasteiger partial charge in [-0.25, -0.2) is 8.98 Å². The maximum Gasteiger partial charge on any atom is 0.397 e. The molecular weight excluding hydrogens is 566 g/mol. The Morgan fingerprint density at radius 1 is 0.878 bits per heavy atom. The van der Waals surface area contributed by atoms with Crippen LogP contribution < -0.4 is 5.32 Å². The van der Waals surface area contributed by atoms with Crippen molar-refractivity contribution in [2.24, 2.45) is 5.41 Å². The molecule has 1 amide bonds. The zero-order valence-electron chi connectivity index (χ0n) is 25.5. The molecule has 2 aliphatic heterocycles. The molecule has 0 saturated carbocycles. The molecule has 15 heteroatoms. The van der Waals surface area contributed by atoms with Gasteiger partial charge in [0.05, 0.1) is 42.0 Å². The highest BCUT2D eigenvalue weighted by Gasteiger charge is 2.73. The van der Waals surface area contributed by atoms with E-state index < -0.39 is 92.4 Å². The normalized spacial score (nSPS) is 42.9. The smallest absolute Gasteiger partial charge is 0.397 e. The van der Waals surface area contributed by atoms with Gasteiger partial charge in [-0.3, -0.25) is 9.35 Å². The van der Waals surface area contributed by atoms with Crippen LogP contribution in [0, 0.1) is 5.41 Å². The summed E-state index contributed by atoms with van der Waals surface area (Å²) in [7, 11) is -4.94. The van der Waals surface area contributed by atoms with Crippen molar-refractivity contribution in [3.05, 3.63) is 11.3 Å². The van der Waals surface area contributed by atoms with Crippen molar-refractivity contribution in [1.82, 2.24) is 5.32 Å². The van der Waals surface area contributed by atoms with Crippen LogP contribution in [0.15, 0.2) is 11.3 Å². The number of aliphatic hydroxyl groups is 3. The molecule has 14 nitrogen and oxygen atoms in total. The summed E-state index contributed by atoms with van der Waals surface area (Å²) in [5.41, 5.74) is -14.2. The summed E-state index contributed by atoms with van der Waals surface area (Å²) in [6, 6.07) is 0. The third-order valence-electron chi connectivity index (χ3n) is 10.1. The summed E-state index contributed by atoms with van der Waals surface area (Å²) in [5.74, 6) is -2.53. The van der Waals surface area contributed by atoms with Crippen LogP contribution in [0.25, 0.3) is 0 Å². The van der Waals surface area contributed by atoms with Crippen molar-refractivity contribution in [3.8, 4) is 0 Å². The fourth-order valence-electron chi connectivity index (χ4n) is 6.05. The number of aliphatic carboxylic acids is 1. The third-order valence-corrected chi connectivity index (χ3v) is 10.6. The minimum absolute atomic E-state index is 0.105. The average molecular weight is 612 g/mol. The number of carboxylic acid groups (broad SMARTS) is 1. The first-order valence-corrected chi connectivity index (χ1v) is 14.3. The molecule has 1 fully saturated rings. The number of amides is 1. The van der Waals surface area contributed by atoms with Gasteiger partial charge in [-0.1, -0.05) is 6.92 Å². The predicted molar refractivity (Wildman–Crippen MR) is 144 cm³/mol. The Morgan fingerprint density at radius 3 is 1.83 bits per heavy atom. The fraction of sp³-hybridized carbons (Fsp3) is 0.846. The van der Waals surface area contributed by atoms with E-state index in [2.05, 4.69) is 5.32 Å². The lowest BCUT2D eigenvalue weighted by molar-refractivity contribution is -0.354. The van der Waals surface area contributed by atoms with Gasteiger partial charge in [0.1, 0.15) is 16.8 Å². The van der Waals surface area contributed by atoms with E-state index in [1.165, 1.54) is 55.4 Å². The highest BCUT2D eigenvalue weighted by molar-refractivity contribution is 7.80. The number of nitrogens with one attached hydrogen (secondary N) is 1. The molecule has 0 aromatic carbocycles. The first-order valence-electron chi connectivity index (χ1n) is 13.0. The minimum atomic E-state index is -4.94. The molecule has 0 radical (unpaired) electrons. The van der Waals surface area contributed by atoms with Crippen molar-refractivity contribution in [3.63, 3.8) is 0 Å². The van der Waals surface area contributed by atoms with E-state index in [9.17, 15) is 43.0 Å². The van der Waals surface area contributed by atoms with Crippen LogP contribution in [0.1, 0.15) is 76.2 Å². The Labute approximate surface area is 241 Å². The van der Waals surface area contributed by atoms with Gasteiger partial charge in [0.15, 0.2) is 5.60 Å². The lowest BCUT2D eigenvalue weighted by atomic mass is 9.51. The summed E-state index contributed by atoms with van der Waals surface area (Å²) in [6.45, 7) is 13.8. The molecule has 1 saturated heterocycles. The Morgan fingerprint density at radius 2 is 1.39 bits per heavy atom. The van der Waals surface area contributed by atoms with Gasteiger partial charge in [0.25, 0.3) is 0 Å². The Balaban J connectivity index is 2.61. The van der Waals surface area contributed by atoms with Crippen LogP contribution in [0.5, 0.6) is 0 Å². The predicted octanol–water partition coefficient (Wildman–Crippen LogP) is 0.692. The van der Waals surface area contributed by atoms with E-state index in [1.807, 2.05) is 0 Å². The van der Waals surface area contributed by atoms with E-state index in [1.54, 1.807) is 20.8 Å². The van der Waals surface area contributed by atoms with Crippen molar-refractivity contribution in [1.29, 1.82) is 0 Å². The zero-order chi connectivity index (χ0) is 32.5. The maximum absolute atomic E-state index is 12.3. The molecule has 0 aromatic heterocycles. The quantitative estimate of drug-likeness (QED) is 0.198. The zero-order valence-corrected chi connectivity index (χ0v) is 26.3. The van der Waals surface area contributed by atoms with E-state index in [0.717, 1.165) is 0 Å². The monoisotopic (exact) mass is 611 g/mol. The minimum Gasteiger partial charge on any atom is -0.475 e. The highest BCUT2D eigenvalue weighted by Crippen LogP contribution is 2.58. The number of carboxylic acids is 1. The standard InChI is InChI=1S/C26H45NO13S/c1-15-17(18(29)30)39-22(7,26(11,33)23(15,8)31)13-37-12-20(5)21(6,14-38-41(34,35)36)40-19(3,4)24(9,25(20,10)32)27-16(2)28/h31-33H,12-14H2,1-11H3,(H,27,28)(H,29,30)(H,34,35,36). The van der Waals surface area contributed by atoms with E-state index >= 15 is 0 Å². The SMILES string of the molecule is CC(=O)NC1(C)C(C)(C)OC(C)(COS(=O)(=O)O)C(C)(COCC2(C)OC(C(=O)O)=C(C)C(C)(O)C2(C)O)C1(C)O. The van der Waals surface area contributed by atoms with Gasteiger partial charge in [-0.2, -0.15) is 8.42 Å². The maximum atomic E-state index is 12.3. The molecule has 2 heterocycles. The van der Waals surface area contributed by atoms with Crippen LogP contribution in [-0.2, 0) is 38.4 Å². The Bertz CT molecular complexity index is 1220. The van der Waals surface area contributed by atoms with Crippen LogP contribution in [-0.4, -0.2) is 104 Å². The van der Waals surface area contributed by atoms with Gasteiger partial charge in [0.2, 0.25) is 11.7 Å². The van der Waals surface area contributed by atoms with Gasteiger partial charge in [-0.15, -0.1) is 0 Å². The number of carbonyl (C=O) groups excluding carboxylic acids is 1. The van der Waals surface area contributed by atoms with Gasteiger partial charge >= 0.3 is 16.4 Å². The second-order valence-electron chi connectivity index (χ2n) is 13.0. The molecule has 0 bridgehead atoms. The summed E-state index contributed by atoms with van der Waals surface area (Å²) >= 11 is 0. The number of carbonyl (C=O) groups is 2.